The molecule has 0 saturated carbocycles. The molecule has 2 N–H and O–H groups in total. The summed E-state index contributed by atoms with van der Waals surface area (Å²) in [7, 11) is -1.91. The molecule has 1 aliphatic heterocycles. The number of alkyl halides is 2. The van der Waals surface area contributed by atoms with Gasteiger partial charge in [0.2, 0.25) is 0 Å². The highest BCUT2D eigenvalue weighted by molar-refractivity contribution is 7.86. The van der Waals surface area contributed by atoms with E-state index in [0.29, 0.717) is 23.5 Å². The highest BCUT2D eigenvalue weighted by atomic mass is 35.5. The summed E-state index contributed by atoms with van der Waals surface area (Å²) in [5, 5.41) is 4.68. The van der Waals surface area contributed by atoms with Gasteiger partial charge in [0.05, 0.1) is 21.1 Å². The lowest BCUT2D eigenvalue weighted by Crippen LogP contribution is -2.39. The van der Waals surface area contributed by atoms with E-state index in [-0.39, 0.29) is 48.1 Å². The minimum absolute atomic E-state index is 0.00464. The summed E-state index contributed by atoms with van der Waals surface area (Å²) in [4.78, 5) is 5.67. The molecule has 1 fully saturated rings. The van der Waals surface area contributed by atoms with Crippen LogP contribution in [0.1, 0.15) is 24.0 Å². The molecule has 3 aromatic rings. The first-order valence-corrected chi connectivity index (χ1v) is 12.8. The summed E-state index contributed by atoms with van der Waals surface area (Å²) in [5.74, 6) is -3.52. The summed E-state index contributed by atoms with van der Waals surface area (Å²) in [5.41, 5.74) is 2.75. The van der Waals surface area contributed by atoms with E-state index < -0.39 is 28.5 Å². The number of nitrogens with zero attached hydrogens (tertiary/aromatic N) is 2. The molecule has 12 heteroatoms. The smallest absolute Gasteiger partial charge is 0.250 e. The number of anilines is 2. The van der Waals surface area contributed by atoms with Gasteiger partial charge in [0.25, 0.3) is 5.92 Å². The highest BCUT2D eigenvalue weighted by Crippen LogP contribution is 2.31. The SMILES string of the molecule is O=S(Nc1cscn1)c1cc(Cl)c(NCc2c(F)cccc2CN2CCC(F)(F)CC2)cc1F. The van der Waals surface area contributed by atoms with Gasteiger partial charge in [-0.2, -0.15) is 0 Å². The number of nitrogens with one attached hydrogen (secondary N) is 2. The minimum atomic E-state index is -2.66. The molecule has 0 spiro atoms. The molecule has 34 heavy (non-hydrogen) atoms. The molecule has 2 heterocycles. The van der Waals surface area contributed by atoms with Gasteiger partial charge in [0, 0.05) is 50.0 Å². The van der Waals surface area contributed by atoms with Crippen molar-refractivity contribution in [2.24, 2.45) is 0 Å². The summed E-state index contributed by atoms with van der Waals surface area (Å²) < 4.78 is 71.2. The lowest BCUT2D eigenvalue weighted by molar-refractivity contribution is -0.0567. The second kappa shape index (κ2) is 10.6. The van der Waals surface area contributed by atoms with Crippen molar-refractivity contribution >= 4 is 45.4 Å². The van der Waals surface area contributed by atoms with Crippen LogP contribution >= 0.6 is 22.9 Å². The molecule has 1 aromatic heterocycles. The van der Waals surface area contributed by atoms with Crippen molar-refractivity contribution in [2.75, 3.05) is 23.1 Å². The molecule has 5 nitrogen and oxygen atoms in total. The molecule has 1 unspecified atom stereocenters. The van der Waals surface area contributed by atoms with Gasteiger partial charge < -0.3 is 5.32 Å². The van der Waals surface area contributed by atoms with E-state index in [4.69, 9.17) is 11.6 Å². The normalized spacial score (nSPS) is 16.9. The number of benzene rings is 2. The van der Waals surface area contributed by atoms with Crippen LogP contribution < -0.4 is 10.0 Å². The monoisotopic (exact) mass is 532 g/mol. The molecule has 0 amide bonds. The Morgan fingerprint density at radius 3 is 2.65 bits per heavy atom. The van der Waals surface area contributed by atoms with Crippen molar-refractivity contribution in [3.63, 3.8) is 0 Å². The second-order valence-corrected chi connectivity index (χ2v) is 10.2. The van der Waals surface area contributed by atoms with Crippen LogP contribution in [0.2, 0.25) is 5.02 Å². The van der Waals surface area contributed by atoms with Gasteiger partial charge in [0.1, 0.15) is 17.5 Å². The van der Waals surface area contributed by atoms with Crippen LogP contribution in [0.5, 0.6) is 0 Å². The first-order chi connectivity index (χ1) is 16.2. The average molecular weight is 533 g/mol. The molecule has 2 aromatic carbocycles. The lowest BCUT2D eigenvalue weighted by Gasteiger charge is -2.32. The summed E-state index contributed by atoms with van der Waals surface area (Å²) in [6, 6.07) is 6.96. The molecule has 0 bridgehead atoms. The van der Waals surface area contributed by atoms with E-state index >= 15 is 0 Å². The number of likely N-dealkylation sites (tertiary alicyclic amines) is 1. The zero-order chi connectivity index (χ0) is 24.3. The van der Waals surface area contributed by atoms with Crippen molar-refractivity contribution in [2.45, 2.75) is 36.7 Å². The van der Waals surface area contributed by atoms with Crippen LogP contribution in [-0.2, 0) is 24.1 Å². The fraction of sp³-hybridized carbons (Fsp3) is 0.318. The molecule has 0 radical (unpaired) electrons. The first kappa shape index (κ1) is 24.9. The van der Waals surface area contributed by atoms with Gasteiger partial charge in [-0.1, -0.05) is 23.7 Å². The van der Waals surface area contributed by atoms with Crippen LogP contribution in [0.15, 0.2) is 46.1 Å². The Kier molecular flexibility index (Phi) is 7.76. The Balaban J connectivity index is 1.46. The topological polar surface area (TPSA) is 57.3 Å². The Bertz CT molecular complexity index is 1170. The zero-order valence-electron chi connectivity index (χ0n) is 17.8. The maximum Gasteiger partial charge on any atom is 0.250 e. The fourth-order valence-corrected chi connectivity index (χ4v) is 5.36. The lowest BCUT2D eigenvalue weighted by atomic mass is 10.0. The molecule has 4 rings (SSSR count). The molecular weight excluding hydrogens is 512 g/mol. The molecule has 1 aliphatic rings. The third-order valence-corrected chi connectivity index (χ3v) is 7.51. The quantitative estimate of drug-likeness (QED) is 0.347. The van der Waals surface area contributed by atoms with Gasteiger partial charge in [0.15, 0.2) is 11.0 Å². The number of piperidine rings is 1. The van der Waals surface area contributed by atoms with Gasteiger partial charge in [-0.3, -0.25) is 9.62 Å². The van der Waals surface area contributed by atoms with E-state index in [0.717, 1.165) is 6.07 Å². The van der Waals surface area contributed by atoms with E-state index in [1.165, 1.54) is 23.5 Å². The number of hydrogen-bond acceptors (Lipinski definition) is 5. The van der Waals surface area contributed by atoms with Crippen molar-refractivity contribution in [1.29, 1.82) is 0 Å². The van der Waals surface area contributed by atoms with Crippen molar-refractivity contribution in [1.82, 2.24) is 9.88 Å². The van der Waals surface area contributed by atoms with E-state index in [2.05, 4.69) is 15.0 Å². The van der Waals surface area contributed by atoms with E-state index in [9.17, 15) is 21.8 Å². The maximum absolute atomic E-state index is 14.7. The third-order valence-electron chi connectivity index (χ3n) is 5.50. The minimum Gasteiger partial charge on any atom is -0.380 e. The van der Waals surface area contributed by atoms with Gasteiger partial charge in [-0.05, 0) is 23.8 Å². The van der Waals surface area contributed by atoms with Crippen molar-refractivity contribution < 1.29 is 21.8 Å². The Labute approximate surface area is 205 Å². The van der Waals surface area contributed by atoms with E-state index in [1.54, 1.807) is 23.0 Å². The predicted octanol–water partition coefficient (Wildman–Crippen LogP) is 6.05. The molecule has 0 aliphatic carbocycles. The van der Waals surface area contributed by atoms with Crippen LogP contribution in [-0.4, -0.2) is 33.1 Å². The van der Waals surface area contributed by atoms with Crippen molar-refractivity contribution in [3.05, 3.63) is 69.0 Å². The largest absolute Gasteiger partial charge is 0.380 e. The van der Waals surface area contributed by atoms with Crippen LogP contribution in [0.4, 0.5) is 29.1 Å². The fourth-order valence-electron chi connectivity index (χ4n) is 3.63. The average Bonchev–Trinajstić information content (AvgIpc) is 3.29. The number of hydrogen-bond donors (Lipinski definition) is 2. The molecular formula is C22H21ClF4N4OS2. The number of rotatable bonds is 8. The van der Waals surface area contributed by atoms with Gasteiger partial charge in [-0.25, -0.2) is 26.8 Å². The second-order valence-electron chi connectivity index (χ2n) is 7.87. The van der Waals surface area contributed by atoms with E-state index in [1.807, 2.05) is 4.90 Å². The van der Waals surface area contributed by atoms with Crippen LogP contribution in [0, 0.1) is 11.6 Å². The number of thiazole rings is 1. The summed E-state index contributed by atoms with van der Waals surface area (Å²) in [6.45, 7) is 0.778. The maximum atomic E-state index is 14.7. The highest BCUT2D eigenvalue weighted by Gasteiger charge is 2.34. The molecule has 1 saturated heterocycles. The summed E-state index contributed by atoms with van der Waals surface area (Å²) >= 11 is 7.58. The molecule has 182 valence electrons. The summed E-state index contributed by atoms with van der Waals surface area (Å²) in [6.07, 6.45) is -0.453. The third kappa shape index (κ3) is 6.07. The Hall–Kier alpha value is -2.21. The zero-order valence-corrected chi connectivity index (χ0v) is 20.2. The molecule has 1 atom stereocenters. The van der Waals surface area contributed by atoms with Gasteiger partial charge >= 0.3 is 0 Å². The van der Waals surface area contributed by atoms with Crippen LogP contribution in [0.25, 0.3) is 0 Å². The Morgan fingerprint density at radius 2 is 1.94 bits per heavy atom. The van der Waals surface area contributed by atoms with Crippen molar-refractivity contribution in [3.8, 4) is 0 Å². The Morgan fingerprint density at radius 1 is 1.18 bits per heavy atom. The first-order valence-electron chi connectivity index (χ1n) is 10.4. The number of halogens is 5. The van der Waals surface area contributed by atoms with Gasteiger partial charge in [-0.15, -0.1) is 11.3 Å². The standard InChI is InChI=1S/C22H21ClF4N4OS2/c23-16-8-20(34(32)30-21-12-33-13-29-21)18(25)9-19(16)28-10-15-14(2-1-3-17(15)24)11-31-6-4-22(26,27)5-7-31/h1-3,8-9,12-13,28,30H,4-7,10-11H2. The number of aromatic nitrogens is 1. The van der Waals surface area contributed by atoms with Crippen LogP contribution in [0.3, 0.4) is 0 Å². The predicted molar refractivity (Wildman–Crippen MR) is 127 cm³/mol.